The van der Waals surface area contributed by atoms with E-state index >= 15 is 0 Å². The van der Waals surface area contributed by atoms with Crippen LogP contribution in [0.1, 0.15) is 43.4 Å². The molecule has 1 N–H and O–H groups in total. The number of halogens is 1. The minimum Gasteiger partial charge on any atom is -0.354 e. The van der Waals surface area contributed by atoms with Crippen molar-refractivity contribution in [3.8, 4) is 0 Å². The second kappa shape index (κ2) is 13.4. The average Bonchev–Trinajstić information content (AvgIpc) is 2.91. The third-order valence-electron chi connectivity index (χ3n) is 6.47. The van der Waals surface area contributed by atoms with Gasteiger partial charge in [-0.15, -0.1) is 0 Å². The lowest BCUT2D eigenvalue weighted by atomic mass is 10.1. The van der Waals surface area contributed by atoms with Gasteiger partial charge in [-0.3, -0.25) is 13.9 Å². The van der Waals surface area contributed by atoms with Crippen molar-refractivity contribution in [3.05, 3.63) is 95.3 Å². The van der Waals surface area contributed by atoms with E-state index in [1.807, 2.05) is 26.8 Å². The summed E-state index contributed by atoms with van der Waals surface area (Å²) in [7, 11) is -4.15. The molecule has 1 atom stereocenters. The molecule has 3 aromatic carbocycles. The van der Waals surface area contributed by atoms with Crippen molar-refractivity contribution in [2.24, 2.45) is 0 Å². The first-order valence-corrected chi connectivity index (χ1v) is 14.4. The molecular formula is C30H36FN3O4S. The van der Waals surface area contributed by atoms with Crippen molar-refractivity contribution in [3.63, 3.8) is 0 Å². The Morgan fingerprint density at radius 1 is 0.949 bits per heavy atom. The number of hydrogen-bond acceptors (Lipinski definition) is 4. The number of amides is 2. The predicted molar refractivity (Wildman–Crippen MR) is 151 cm³/mol. The van der Waals surface area contributed by atoms with Gasteiger partial charge >= 0.3 is 0 Å². The number of carbonyl (C=O) groups excluding carboxylic acids is 2. The molecule has 0 radical (unpaired) electrons. The highest BCUT2D eigenvalue weighted by Gasteiger charge is 2.32. The number of rotatable bonds is 12. The largest absolute Gasteiger partial charge is 0.354 e. The van der Waals surface area contributed by atoms with Gasteiger partial charge in [0.1, 0.15) is 18.4 Å². The van der Waals surface area contributed by atoms with Crippen LogP contribution < -0.4 is 9.62 Å². The third-order valence-corrected chi connectivity index (χ3v) is 8.26. The summed E-state index contributed by atoms with van der Waals surface area (Å²) >= 11 is 0. The zero-order chi connectivity index (χ0) is 28.6. The SMILES string of the molecule is CCCCNC(=O)C(C)N(Cc1ccccc1F)C(=O)CN(c1cccc(C)c1)S(=O)(=O)c1ccc(C)cc1. The van der Waals surface area contributed by atoms with E-state index < -0.39 is 40.2 Å². The number of nitrogens with zero attached hydrogens (tertiary/aromatic N) is 2. The molecule has 0 bridgehead atoms. The molecule has 0 heterocycles. The number of sulfonamides is 1. The molecule has 39 heavy (non-hydrogen) atoms. The highest BCUT2D eigenvalue weighted by molar-refractivity contribution is 7.92. The number of anilines is 1. The van der Waals surface area contributed by atoms with Crippen molar-refractivity contribution in [1.82, 2.24) is 10.2 Å². The van der Waals surface area contributed by atoms with Crippen LogP contribution in [-0.4, -0.2) is 44.3 Å². The number of nitrogens with one attached hydrogen (secondary N) is 1. The first-order valence-electron chi connectivity index (χ1n) is 13.0. The molecule has 1 unspecified atom stereocenters. The summed E-state index contributed by atoms with van der Waals surface area (Å²) in [6.45, 7) is 6.92. The quantitative estimate of drug-likeness (QED) is 0.321. The van der Waals surface area contributed by atoms with Gasteiger partial charge in [0.05, 0.1) is 10.6 Å². The lowest BCUT2D eigenvalue weighted by molar-refractivity contribution is -0.139. The molecule has 9 heteroatoms. The Kier molecular flexibility index (Phi) is 10.2. The van der Waals surface area contributed by atoms with Gasteiger partial charge < -0.3 is 10.2 Å². The van der Waals surface area contributed by atoms with Gasteiger partial charge in [0, 0.05) is 18.7 Å². The second-order valence-corrected chi connectivity index (χ2v) is 11.5. The van der Waals surface area contributed by atoms with Crippen LogP contribution in [0.25, 0.3) is 0 Å². The fourth-order valence-corrected chi connectivity index (χ4v) is 5.48. The van der Waals surface area contributed by atoms with Crippen molar-refractivity contribution in [1.29, 1.82) is 0 Å². The Morgan fingerprint density at radius 2 is 1.64 bits per heavy atom. The van der Waals surface area contributed by atoms with E-state index in [2.05, 4.69) is 5.32 Å². The third kappa shape index (κ3) is 7.66. The van der Waals surface area contributed by atoms with Gasteiger partial charge in [-0.05, 0) is 63.1 Å². The minimum absolute atomic E-state index is 0.0356. The summed E-state index contributed by atoms with van der Waals surface area (Å²) < 4.78 is 43.3. The number of unbranched alkanes of at least 4 members (excludes halogenated alkanes) is 1. The van der Waals surface area contributed by atoms with Crippen molar-refractivity contribution < 1.29 is 22.4 Å². The first-order chi connectivity index (χ1) is 18.5. The van der Waals surface area contributed by atoms with Gasteiger partial charge in [0.2, 0.25) is 11.8 Å². The predicted octanol–water partition coefficient (Wildman–Crippen LogP) is 4.97. The van der Waals surface area contributed by atoms with Gasteiger partial charge in [0.15, 0.2) is 0 Å². The zero-order valence-corrected chi connectivity index (χ0v) is 23.7. The van der Waals surface area contributed by atoms with E-state index in [9.17, 15) is 22.4 Å². The maximum atomic E-state index is 14.6. The first kappa shape index (κ1) is 29.8. The molecule has 0 spiro atoms. The van der Waals surface area contributed by atoms with Crippen molar-refractivity contribution >= 4 is 27.5 Å². The van der Waals surface area contributed by atoms with E-state index in [1.165, 1.54) is 23.1 Å². The fourth-order valence-electron chi connectivity index (χ4n) is 4.08. The number of hydrogen-bond donors (Lipinski definition) is 1. The molecule has 0 saturated carbocycles. The summed E-state index contributed by atoms with van der Waals surface area (Å²) in [5, 5.41) is 2.81. The van der Waals surface area contributed by atoms with Crippen LogP contribution in [0.3, 0.4) is 0 Å². The Labute approximate surface area is 230 Å². The lowest BCUT2D eigenvalue weighted by Gasteiger charge is -2.32. The summed E-state index contributed by atoms with van der Waals surface area (Å²) in [6.07, 6.45) is 1.66. The minimum atomic E-state index is -4.15. The van der Waals surface area contributed by atoms with Gasteiger partial charge in [0.25, 0.3) is 10.0 Å². The number of benzene rings is 3. The molecular weight excluding hydrogens is 517 g/mol. The zero-order valence-electron chi connectivity index (χ0n) is 22.9. The molecule has 0 fully saturated rings. The maximum Gasteiger partial charge on any atom is 0.264 e. The molecule has 0 aliphatic heterocycles. The Bertz CT molecular complexity index is 1390. The van der Waals surface area contributed by atoms with Crippen molar-refractivity contribution in [2.75, 3.05) is 17.4 Å². The monoisotopic (exact) mass is 553 g/mol. The smallest absolute Gasteiger partial charge is 0.264 e. The van der Waals surface area contributed by atoms with Crippen LogP contribution in [0.5, 0.6) is 0 Å². The molecule has 2 amide bonds. The van der Waals surface area contributed by atoms with E-state index in [1.54, 1.807) is 55.5 Å². The standard InChI is InChI=1S/C30H36FN3O4S/c1-5-6-18-32-30(36)24(4)33(20-25-11-7-8-13-28(25)31)29(35)21-34(26-12-9-10-23(3)19-26)39(37,38)27-16-14-22(2)15-17-27/h7-17,19,24H,5-6,18,20-21H2,1-4H3,(H,32,36). The number of aryl methyl sites for hydroxylation is 2. The molecule has 0 aliphatic carbocycles. The lowest BCUT2D eigenvalue weighted by Crippen LogP contribution is -2.51. The van der Waals surface area contributed by atoms with Gasteiger partial charge in [-0.1, -0.05) is 61.4 Å². The second-order valence-electron chi connectivity index (χ2n) is 9.60. The highest BCUT2D eigenvalue weighted by Crippen LogP contribution is 2.26. The highest BCUT2D eigenvalue weighted by atomic mass is 32.2. The molecule has 0 aromatic heterocycles. The van der Waals surface area contributed by atoms with E-state index in [0.717, 1.165) is 28.3 Å². The Hall–Kier alpha value is -3.72. The van der Waals surface area contributed by atoms with Gasteiger partial charge in [-0.2, -0.15) is 0 Å². The molecule has 3 rings (SSSR count). The summed E-state index contributed by atoms with van der Waals surface area (Å²) in [4.78, 5) is 28.1. The topological polar surface area (TPSA) is 86.8 Å². The van der Waals surface area contributed by atoms with Crippen LogP contribution in [0.15, 0.2) is 77.7 Å². The average molecular weight is 554 g/mol. The molecule has 0 aliphatic rings. The van der Waals surface area contributed by atoms with Crippen molar-refractivity contribution in [2.45, 2.75) is 58.0 Å². The Morgan fingerprint density at radius 3 is 2.28 bits per heavy atom. The van der Waals surface area contributed by atoms with Gasteiger partial charge in [-0.25, -0.2) is 12.8 Å². The maximum absolute atomic E-state index is 14.6. The van der Waals surface area contributed by atoms with Crippen LogP contribution >= 0.6 is 0 Å². The Balaban J connectivity index is 2.01. The molecule has 3 aromatic rings. The van der Waals surface area contributed by atoms with Crippen LogP contribution in [0.4, 0.5) is 10.1 Å². The summed E-state index contributed by atoms with van der Waals surface area (Å²) in [5.41, 5.74) is 2.25. The fraction of sp³-hybridized carbons (Fsp3) is 0.333. The van der Waals surface area contributed by atoms with E-state index in [-0.39, 0.29) is 17.0 Å². The molecule has 7 nitrogen and oxygen atoms in total. The molecule has 0 saturated heterocycles. The van der Waals surface area contributed by atoms with Crippen LogP contribution in [-0.2, 0) is 26.2 Å². The normalized spacial score (nSPS) is 12.0. The van der Waals surface area contributed by atoms with E-state index in [0.29, 0.717) is 12.2 Å². The van der Waals surface area contributed by atoms with Crippen LogP contribution in [0, 0.1) is 19.7 Å². The van der Waals surface area contributed by atoms with E-state index in [4.69, 9.17) is 0 Å². The molecule has 208 valence electrons. The number of carbonyl (C=O) groups is 2. The summed E-state index contributed by atoms with van der Waals surface area (Å²) in [5.74, 6) is -1.54. The summed E-state index contributed by atoms with van der Waals surface area (Å²) in [6, 6.07) is 18.3. The van der Waals surface area contributed by atoms with Crippen LogP contribution in [0.2, 0.25) is 0 Å².